The molecule has 0 saturated carbocycles. The van der Waals surface area contributed by atoms with E-state index in [9.17, 15) is 15.2 Å². The van der Waals surface area contributed by atoms with Crippen molar-refractivity contribution in [3.05, 3.63) is 154 Å². The van der Waals surface area contributed by atoms with Crippen molar-refractivity contribution in [3.8, 4) is 38.8 Å². The summed E-state index contributed by atoms with van der Waals surface area (Å²) in [5, 5.41) is 18.5. The SMILES string of the molecule is CC1(C)c2ccccc2-c2ccc(N(c3ccc(-c4ccc(C=C(C#N)C(=O)O)s4)cc3)c3ccc4c(c3)C(C)(C)c3ccccc3-4)cc21. The van der Waals surface area contributed by atoms with E-state index in [1.165, 1.54) is 61.9 Å². The molecule has 0 saturated heterocycles. The van der Waals surface area contributed by atoms with Gasteiger partial charge in [0.1, 0.15) is 11.6 Å². The van der Waals surface area contributed by atoms with E-state index >= 15 is 0 Å². The number of rotatable bonds is 6. The van der Waals surface area contributed by atoms with Crippen LogP contribution in [0.2, 0.25) is 0 Å². The average Bonchev–Trinajstić information content (AvgIpc) is 3.74. The summed E-state index contributed by atoms with van der Waals surface area (Å²) < 4.78 is 0. The van der Waals surface area contributed by atoms with Crippen LogP contribution in [-0.4, -0.2) is 11.1 Å². The van der Waals surface area contributed by atoms with Gasteiger partial charge in [-0.15, -0.1) is 11.3 Å². The van der Waals surface area contributed by atoms with Crippen LogP contribution in [-0.2, 0) is 15.6 Å². The number of thiophene rings is 1. The molecule has 49 heavy (non-hydrogen) atoms. The average molecular weight is 655 g/mol. The molecule has 2 aliphatic carbocycles. The molecule has 0 spiro atoms. The summed E-state index contributed by atoms with van der Waals surface area (Å²) in [6.07, 6.45) is 1.42. The normalized spacial score (nSPS) is 14.7. The van der Waals surface area contributed by atoms with E-state index in [0.29, 0.717) is 0 Å². The zero-order valence-electron chi connectivity index (χ0n) is 27.8. The molecule has 4 nitrogen and oxygen atoms in total. The van der Waals surface area contributed by atoms with Gasteiger partial charge in [-0.1, -0.05) is 100 Å². The number of hydrogen-bond acceptors (Lipinski definition) is 4. The summed E-state index contributed by atoms with van der Waals surface area (Å²) in [4.78, 5) is 15.5. The van der Waals surface area contributed by atoms with Gasteiger partial charge in [-0.05, 0) is 105 Å². The fraction of sp³-hybridized carbons (Fsp3) is 0.136. The third kappa shape index (κ3) is 4.83. The number of carboxylic acids is 1. The highest BCUT2D eigenvalue weighted by atomic mass is 32.1. The highest BCUT2D eigenvalue weighted by Crippen LogP contribution is 2.53. The van der Waals surface area contributed by atoms with Crippen LogP contribution in [0.25, 0.3) is 38.8 Å². The standard InChI is InChI=1S/C44H34N2O2S/c1-43(2)37-11-7-5-9-33(37)35-20-17-30(24-39(35)43)46(31-18-21-36-34-10-6-8-12-38(34)44(3,4)40(36)25-31)29-15-13-27(14-16-29)41-22-19-32(49-41)23-28(26-45)42(47)48/h5-25H,1-4H3,(H,47,48). The first kappa shape index (κ1) is 30.6. The molecule has 0 fully saturated rings. The number of hydrogen-bond donors (Lipinski definition) is 1. The molecule has 6 aromatic rings. The van der Waals surface area contributed by atoms with Crippen LogP contribution in [0.3, 0.4) is 0 Å². The Morgan fingerprint density at radius 2 is 1.14 bits per heavy atom. The molecular formula is C44H34N2O2S. The first-order valence-electron chi connectivity index (χ1n) is 16.4. The second kappa shape index (κ2) is 11.2. The van der Waals surface area contributed by atoms with Gasteiger partial charge in [0, 0.05) is 37.6 Å². The van der Waals surface area contributed by atoms with Crippen molar-refractivity contribution in [2.75, 3.05) is 4.90 Å². The third-order valence-corrected chi connectivity index (χ3v) is 11.4. The largest absolute Gasteiger partial charge is 0.477 e. The molecule has 0 aliphatic heterocycles. The molecule has 0 bridgehead atoms. The van der Waals surface area contributed by atoms with E-state index in [0.717, 1.165) is 32.4 Å². The fourth-order valence-electron chi connectivity index (χ4n) is 7.75. The van der Waals surface area contributed by atoms with Crippen LogP contribution in [0.4, 0.5) is 17.1 Å². The molecule has 5 aromatic carbocycles. The second-order valence-corrected chi connectivity index (χ2v) is 15.0. The first-order chi connectivity index (χ1) is 23.6. The van der Waals surface area contributed by atoms with Crippen LogP contribution in [0.5, 0.6) is 0 Å². The molecule has 2 aliphatic rings. The summed E-state index contributed by atoms with van der Waals surface area (Å²) in [7, 11) is 0. The minimum atomic E-state index is -1.22. The van der Waals surface area contributed by atoms with Gasteiger partial charge < -0.3 is 10.0 Å². The summed E-state index contributed by atoms with van der Waals surface area (Å²) >= 11 is 1.46. The van der Waals surface area contributed by atoms with Gasteiger partial charge in [-0.2, -0.15) is 5.26 Å². The number of carboxylic acid groups (broad SMARTS) is 1. The second-order valence-electron chi connectivity index (χ2n) is 13.9. The van der Waals surface area contributed by atoms with Crippen LogP contribution >= 0.6 is 11.3 Å². The van der Waals surface area contributed by atoms with E-state index in [-0.39, 0.29) is 16.4 Å². The van der Waals surface area contributed by atoms with Crippen molar-refractivity contribution < 1.29 is 9.90 Å². The number of fused-ring (bicyclic) bond motifs is 6. The molecule has 0 unspecified atom stereocenters. The van der Waals surface area contributed by atoms with Crippen molar-refractivity contribution in [3.63, 3.8) is 0 Å². The van der Waals surface area contributed by atoms with E-state index < -0.39 is 5.97 Å². The molecule has 0 atom stereocenters. The van der Waals surface area contributed by atoms with Gasteiger partial charge in [0.05, 0.1) is 0 Å². The maximum absolute atomic E-state index is 11.4. The first-order valence-corrected chi connectivity index (χ1v) is 17.2. The third-order valence-electron chi connectivity index (χ3n) is 10.3. The lowest BCUT2D eigenvalue weighted by Gasteiger charge is -2.30. The lowest BCUT2D eigenvalue weighted by Crippen LogP contribution is -2.18. The Balaban J connectivity index is 1.24. The zero-order chi connectivity index (χ0) is 34.1. The lowest BCUT2D eigenvalue weighted by atomic mass is 9.82. The van der Waals surface area contributed by atoms with Gasteiger partial charge in [-0.3, -0.25) is 0 Å². The maximum Gasteiger partial charge on any atom is 0.346 e. The molecule has 238 valence electrons. The van der Waals surface area contributed by atoms with Crippen molar-refractivity contribution in [1.82, 2.24) is 0 Å². The van der Waals surface area contributed by atoms with Gasteiger partial charge >= 0.3 is 5.97 Å². The Bertz CT molecular complexity index is 2280. The van der Waals surface area contributed by atoms with Crippen LogP contribution in [0.15, 0.2) is 127 Å². The molecule has 1 aromatic heterocycles. The summed E-state index contributed by atoms with van der Waals surface area (Å²) in [6, 6.07) is 45.4. The number of aliphatic carboxylic acids is 1. The van der Waals surface area contributed by atoms with Gasteiger partial charge in [0.2, 0.25) is 0 Å². The van der Waals surface area contributed by atoms with Crippen molar-refractivity contribution in [2.45, 2.75) is 38.5 Å². The van der Waals surface area contributed by atoms with Crippen molar-refractivity contribution >= 4 is 40.4 Å². The van der Waals surface area contributed by atoms with E-state index in [1.807, 2.05) is 12.1 Å². The lowest BCUT2D eigenvalue weighted by molar-refractivity contribution is -0.132. The summed E-state index contributed by atoms with van der Waals surface area (Å²) in [5.74, 6) is -1.22. The molecular weight excluding hydrogens is 621 g/mol. The highest BCUT2D eigenvalue weighted by molar-refractivity contribution is 7.16. The number of nitrogens with zero attached hydrogens (tertiary/aromatic N) is 2. The van der Waals surface area contributed by atoms with E-state index in [2.05, 4.69) is 142 Å². The zero-order valence-corrected chi connectivity index (χ0v) is 28.6. The predicted molar refractivity (Wildman–Crippen MR) is 201 cm³/mol. The number of carbonyl (C=O) groups is 1. The molecule has 0 amide bonds. The van der Waals surface area contributed by atoms with Gasteiger partial charge in [0.25, 0.3) is 0 Å². The smallest absolute Gasteiger partial charge is 0.346 e. The van der Waals surface area contributed by atoms with Crippen LogP contribution in [0.1, 0.15) is 54.8 Å². The molecule has 0 radical (unpaired) electrons. The minimum Gasteiger partial charge on any atom is -0.477 e. The molecule has 8 rings (SSSR count). The maximum atomic E-state index is 11.4. The van der Waals surface area contributed by atoms with Gasteiger partial charge in [0.15, 0.2) is 0 Å². The highest BCUT2D eigenvalue weighted by Gasteiger charge is 2.37. The van der Waals surface area contributed by atoms with Crippen molar-refractivity contribution in [2.24, 2.45) is 0 Å². The van der Waals surface area contributed by atoms with E-state index in [4.69, 9.17) is 0 Å². The van der Waals surface area contributed by atoms with Crippen molar-refractivity contribution in [1.29, 1.82) is 5.26 Å². The number of anilines is 3. The molecule has 1 N–H and O–H groups in total. The summed E-state index contributed by atoms with van der Waals surface area (Å²) in [5.41, 5.74) is 14.3. The Morgan fingerprint density at radius 1 is 0.653 bits per heavy atom. The Labute approximate surface area is 290 Å². The topological polar surface area (TPSA) is 64.3 Å². The Kier molecular flexibility index (Phi) is 6.99. The minimum absolute atomic E-state index is 0.129. The number of nitriles is 1. The molecule has 1 heterocycles. The van der Waals surface area contributed by atoms with Crippen LogP contribution in [0, 0.1) is 11.3 Å². The quantitative estimate of drug-likeness (QED) is 0.143. The number of benzene rings is 5. The predicted octanol–water partition coefficient (Wildman–Crippen LogP) is 11.5. The monoisotopic (exact) mass is 654 g/mol. The van der Waals surface area contributed by atoms with Crippen LogP contribution < -0.4 is 4.90 Å². The van der Waals surface area contributed by atoms with E-state index in [1.54, 1.807) is 6.07 Å². The summed E-state index contributed by atoms with van der Waals surface area (Å²) in [6.45, 7) is 9.26. The van der Waals surface area contributed by atoms with Gasteiger partial charge in [-0.25, -0.2) is 4.79 Å². The Morgan fingerprint density at radius 3 is 1.65 bits per heavy atom. The fourth-order valence-corrected chi connectivity index (χ4v) is 8.71. The molecule has 5 heteroatoms. The Hall–Kier alpha value is -5.70.